The number of nitrogens with one attached hydrogen (secondary N) is 1. The number of carbonyl (C=O) groups excluding carboxylic acids is 3. The summed E-state index contributed by atoms with van der Waals surface area (Å²) in [6.07, 6.45) is 1.36. The second kappa shape index (κ2) is 11.0. The quantitative estimate of drug-likeness (QED) is 0.340. The Morgan fingerprint density at radius 2 is 1.54 bits per heavy atom. The molecule has 0 aliphatic carbocycles. The topological polar surface area (TPSA) is 103 Å². The second-order valence-corrected chi connectivity index (χ2v) is 8.21. The molecule has 3 aromatic rings. The van der Waals surface area contributed by atoms with Gasteiger partial charge in [0.1, 0.15) is 23.7 Å². The highest BCUT2D eigenvalue weighted by Gasteiger charge is 2.38. The lowest BCUT2D eigenvalue weighted by Gasteiger charge is -2.28. The molecule has 37 heavy (non-hydrogen) atoms. The Labute approximate surface area is 218 Å². The minimum atomic E-state index is -0.933. The van der Waals surface area contributed by atoms with Gasteiger partial charge in [-0.15, -0.1) is 0 Å². The number of barbiturate groups is 1. The van der Waals surface area contributed by atoms with Crippen molar-refractivity contribution in [1.29, 1.82) is 0 Å². The van der Waals surface area contributed by atoms with Crippen LogP contribution in [0.25, 0.3) is 6.08 Å². The van der Waals surface area contributed by atoms with Gasteiger partial charge >= 0.3 is 6.03 Å². The molecule has 1 heterocycles. The molecule has 4 rings (SSSR count). The third-order valence-corrected chi connectivity index (χ3v) is 5.83. The van der Waals surface area contributed by atoms with Crippen LogP contribution >= 0.6 is 11.6 Å². The van der Waals surface area contributed by atoms with Gasteiger partial charge in [0.2, 0.25) is 0 Å². The number of benzene rings is 3. The zero-order valence-electron chi connectivity index (χ0n) is 20.2. The van der Waals surface area contributed by atoms with Crippen LogP contribution in [-0.4, -0.2) is 39.2 Å². The molecule has 0 saturated carbocycles. The SMILES string of the molecule is COc1cc(N2C(=O)NC(=O)/C(=C\c3ccc(OCc4ccccc4)c(OC)c3)C2=O)c(OC)cc1Cl. The summed E-state index contributed by atoms with van der Waals surface area (Å²) in [5.74, 6) is -0.427. The van der Waals surface area contributed by atoms with Gasteiger partial charge in [0.15, 0.2) is 11.5 Å². The maximum atomic E-state index is 13.4. The number of nitrogens with zero attached hydrogens (tertiary/aromatic N) is 1. The normalized spacial score (nSPS) is 14.4. The Balaban J connectivity index is 1.66. The molecule has 10 heteroatoms. The zero-order chi connectivity index (χ0) is 26.5. The summed E-state index contributed by atoms with van der Waals surface area (Å²) in [6.45, 7) is 0.335. The Kier molecular flexibility index (Phi) is 7.64. The summed E-state index contributed by atoms with van der Waals surface area (Å²) in [5.41, 5.74) is 1.26. The van der Waals surface area contributed by atoms with Gasteiger partial charge in [-0.05, 0) is 29.3 Å². The van der Waals surface area contributed by atoms with Gasteiger partial charge in [-0.1, -0.05) is 48.0 Å². The summed E-state index contributed by atoms with van der Waals surface area (Å²) in [5, 5.41) is 2.41. The molecule has 9 nitrogen and oxygen atoms in total. The van der Waals surface area contributed by atoms with Crippen LogP contribution < -0.4 is 29.2 Å². The average molecular weight is 523 g/mol. The molecule has 1 aliphatic heterocycles. The Morgan fingerprint density at radius 1 is 0.838 bits per heavy atom. The molecule has 3 aromatic carbocycles. The summed E-state index contributed by atoms with van der Waals surface area (Å²) < 4.78 is 21.8. The highest BCUT2D eigenvalue weighted by molar-refractivity contribution is 6.39. The number of urea groups is 1. The van der Waals surface area contributed by atoms with E-state index in [1.807, 2.05) is 30.3 Å². The first-order valence-electron chi connectivity index (χ1n) is 11.0. The number of hydrogen-bond acceptors (Lipinski definition) is 7. The third kappa shape index (κ3) is 5.36. The van der Waals surface area contributed by atoms with Crippen molar-refractivity contribution in [2.75, 3.05) is 26.2 Å². The molecule has 0 atom stereocenters. The molecule has 4 amide bonds. The Bertz CT molecular complexity index is 1390. The predicted molar refractivity (Wildman–Crippen MR) is 137 cm³/mol. The van der Waals surface area contributed by atoms with Gasteiger partial charge in [0.25, 0.3) is 11.8 Å². The van der Waals surface area contributed by atoms with Crippen LogP contribution in [0.4, 0.5) is 10.5 Å². The summed E-state index contributed by atoms with van der Waals surface area (Å²) >= 11 is 6.15. The van der Waals surface area contributed by atoms with E-state index >= 15 is 0 Å². The van der Waals surface area contributed by atoms with Crippen molar-refractivity contribution >= 4 is 41.2 Å². The van der Waals surface area contributed by atoms with E-state index in [9.17, 15) is 14.4 Å². The first kappa shape index (κ1) is 25.6. The fourth-order valence-electron chi connectivity index (χ4n) is 3.69. The molecule has 1 saturated heterocycles. The summed E-state index contributed by atoms with van der Waals surface area (Å²) in [7, 11) is 4.25. The van der Waals surface area contributed by atoms with Crippen molar-refractivity contribution in [1.82, 2.24) is 5.32 Å². The fourth-order valence-corrected chi connectivity index (χ4v) is 3.92. The van der Waals surface area contributed by atoms with Gasteiger partial charge in [0, 0.05) is 12.1 Å². The van der Waals surface area contributed by atoms with E-state index < -0.39 is 17.8 Å². The molecule has 190 valence electrons. The largest absolute Gasteiger partial charge is 0.495 e. The number of anilines is 1. The number of hydrogen-bond donors (Lipinski definition) is 1. The van der Waals surface area contributed by atoms with Crippen LogP contribution in [0.5, 0.6) is 23.0 Å². The van der Waals surface area contributed by atoms with Crippen LogP contribution in [0, 0.1) is 0 Å². The van der Waals surface area contributed by atoms with Crippen molar-refractivity contribution in [3.8, 4) is 23.0 Å². The van der Waals surface area contributed by atoms with Crippen LogP contribution in [0.1, 0.15) is 11.1 Å². The number of imide groups is 2. The van der Waals surface area contributed by atoms with E-state index in [0.717, 1.165) is 10.5 Å². The van der Waals surface area contributed by atoms with Gasteiger partial charge in [-0.3, -0.25) is 14.9 Å². The van der Waals surface area contributed by atoms with Gasteiger partial charge < -0.3 is 18.9 Å². The molecule has 1 fully saturated rings. The standard InChI is InChI=1S/C27H23ClN2O7/c1-34-22-14-20(23(35-2)13-19(22)28)30-26(32)18(25(31)29-27(30)33)11-17-9-10-21(24(12-17)36-3)37-15-16-7-5-4-6-8-16/h4-14H,15H2,1-3H3,(H,29,31,33)/b18-11+. The second-order valence-electron chi connectivity index (χ2n) is 7.80. The minimum absolute atomic E-state index is 0.0619. The fraction of sp³-hybridized carbons (Fsp3) is 0.148. The molecule has 0 bridgehead atoms. The highest BCUT2D eigenvalue weighted by atomic mass is 35.5. The Morgan fingerprint density at radius 3 is 2.22 bits per heavy atom. The number of methoxy groups -OCH3 is 3. The number of rotatable bonds is 8. The summed E-state index contributed by atoms with van der Waals surface area (Å²) in [4.78, 5) is 39.5. The number of amides is 4. The van der Waals surface area contributed by atoms with Crippen molar-refractivity contribution in [3.05, 3.63) is 82.4 Å². The minimum Gasteiger partial charge on any atom is -0.495 e. The lowest BCUT2D eigenvalue weighted by Crippen LogP contribution is -2.54. The molecule has 0 spiro atoms. The maximum absolute atomic E-state index is 13.4. The smallest absolute Gasteiger partial charge is 0.336 e. The van der Waals surface area contributed by atoms with Crippen LogP contribution in [0.2, 0.25) is 5.02 Å². The highest BCUT2D eigenvalue weighted by Crippen LogP contribution is 2.39. The molecule has 1 N–H and O–H groups in total. The van der Waals surface area contributed by atoms with E-state index in [2.05, 4.69) is 5.32 Å². The van der Waals surface area contributed by atoms with Crippen molar-refractivity contribution in [2.45, 2.75) is 6.61 Å². The van der Waals surface area contributed by atoms with Crippen LogP contribution in [0.15, 0.2) is 66.2 Å². The molecule has 0 radical (unpaired) electrons. The van der Waals surface area contributed by atoms with Crippen molar-refractivity contribution in [2.24, 2.45) is 0 Å². The predicted octanol–water partition coefficient (Wildman–Crippen LogP) is 4.61. The monoisotopic (exact) mass is 522 g/mol. The number of ether oxygens (including phenoxy) is 4. The molecule has 1 aliphatic rings. The maximum Gasteiger partial charge on any atom is 0.336 e. The van der Waals surface area contributed by atoms with E-state index in [-0.39, 0.29) is 27.8 Å². The lowest BCUT2D eigenvalue weighted by atomic mass is 10.1. The van der Waals surface area contributed by atoms with Crippen LogP contribution in [0.3, 0.4) is 0 Å². The molecular formula is C27H23ClN2O7. The van der Waals surface area contributed by atoms with Gasteiger partial charge in [0.05, 0.1) is 32.0 Å². The van der Waals surface area contributed by atoms with E-state index in [1.54, 1.807) is 18.2 Å². The van der Waals surface area contributed by atoms with Crippen molar-refractivity contribution in [3.63, 3.8) is 0 Å². The third-order valence-electron chi connectivity index (χ3n) is 5.53. The first-order chi connectivity index (χ1) is 17.9. The zero-order valence-corrected chi connectivity index (χ0v) is 21.0. The Hall–Kier alpha value is -4.50. The number of carbonyl (C=O) groups is 3. The van der Waals surface area contributed by atoms with E-state index in [4.69, 9.17) is 30.5 Å². The summed E-state index contributed by atoms with van der Waals surface area (Å²) in [6, 6.07) is 16.5. The van der Waals surface area contributed by atoms with Gasteiger partial charge in [-0.2, -0.15) is 0 Å². The van der Waals surface area contributed by atoms with Crippen LogP contribution in [-0.2, 0) is 16.2 Å². The molecule has 0 unspecified atom stereocenters. The van der Waals surface area contributed by atoms with E-state index in [0.29, 0.717) is 23.7 Å². The van der Waals surface area contributed by atoms with E-state index in [1.165, 1.54) is 39.5 Å². The van der Waals surface area contributed by atoms with Gasteiger partial charge in [-0.25, -0.2) is 9.69 Å². The molecular weight excluding hydrogens is 500 g/mol. The first-order valence-corrected chi connectivity index (χ1v) is 11.4. The lowest BCUT2D eigenvalue weighted by molar-refractivity contribution is -0.122. The number of halogens is 1. The average Bonchev–Trinajstić information content (AvgIpc) is 2.91. The van der Waals surface area contributed by atoms with Crippen molar-refractivity contribution < 1.29 is 33.3 Å². The molecule has 0 aromatic heterocycles.